The molecule has 2 N–H and O–H groups in total. The summed E-state index contributed by atoms with van der Waals surface area (Å²) in [6, 6.07) is 0. The fourth-order valence-electron chi connectivity index (χ4n) is 1.39. The molecular weight excluding hydrogens is 239 g/mol. The maximum atomic E-state index is 9.34. The molecule has 2 unspecified atom stereocenters. The van der Waals surface area contributed by atoms with Crippen LogP contribution in [0.1, 0.15) is 0 Å². The molecule has 0 aromatic rings. The van der Waals surface area contributed by atoms with Gasteiger partial charge in [0.2, 0.25) is 0 Å². The van der Waals surface area contributed by atoms with Crippen LogP contribution in [0.4, 0.5) is 0 Å². The van der Waals surface area contributed by atoms with Crippen LogP contribution in [0.3, 0.4) is 0 Å². The summed E-state index contributed by atoms with van der Waals surface area (Å²) in [5.74, 6) is 0.462. The van der Waals surface area contributed by atoms with E-state index in [2.05, 4.69) is 0 Å². The van der Waals surface area contributed by atoms with Gasteiger partial charge in [0.05, 0.1) is 30.6 Å². The van der Waals surface area contributed by atoms with Crippen molar-refractivity contribution in [2.45, 2.75) is 12.2 Å². The fraction of sp³-hybridized carbons (Fsp3) is 0.778. The van der Waals surface area contributed by atoms with Gasteiger partial charge in [0.25, 0.3) is 0 Å². The molecule has 0 amide bonds. The van der Waals surface area contributed by atoms with E-state index < -0.39 is 12.2 Å². The Morgan fingerprint density at radius 3 is 1.73 bits per heavy atom. The minimum absolute atomic E-state index is 0.231. The number of hydrogen-bond acceptors (Lipinski definition) is 4. The minimum Gasteiger partial charge on any atom is -0.390 e. The van der Waals surface area contributed by atoms with Gasteiger partial charge in [-0.1, -0.05) is 0 Å². The molecule has 0 saturated carbocycles. The SMILES string of the molecule is OC(CCl)CN1C=CN(CC(O)CCl)C1. The lowest BCUT2D eigenvalue weighted by Gasteiger charge is -2.23. The zero-order chi connectivity index (χ0) is 11.3. The van der Waals surface area contributed by atoms with E-state index in [0.717, 1.165) is 0 Å². The summed E-state index contributed by atoms with van der Waals surface area (Å²) in [5.41, 5.74) is 0. The molecule has 4 nitrogen and oxygen atoms in total. The second-order valence-corrected chi connectivity index (χ2v) is 4.22. The van der Waals surface area contributed by atoms with Crippen LogP contribution >= 0.6 is 23.2 Å². The molecule has 6 heteroatoms. The van der Waals surface area contributed by atoms with Gasteiger partial charge < -0.3 is 20.0 Å². The number of halogens is 2. The summed E-state index contributed by atoms with van der Waals surface area (Å²) < 4.78 is 0. The van der Waals surface area contributed by atoms with Crippen molar-refractivity contribution in [1.82, 2.24) is 9.80 Å². The Morgan fingerprint density at radius 1 is 1.00 bits per heavy atom. The monoisotopic (exact) mass is 254 g/mol. The molecule has 0 radical (unpaired) electrons. The van der Waals surface area contributed by atoms with E-state index in [1.54, 1.807) is 0 Å². The summed E-state index contributed by atoms with van der Waals surface area (Å²) >= 11 is 11.0. The van der Waals surface area contributed by atoms with E-state index in [1.807, 2.05) is 22.2 Å². The van der Waals surface area contributed by atoms with Gasteiger partial charge in [0.15, 0.2) is 0 Å². The van der Waals surface area contributed by atoms with Crippen LogP contribution in [0.25, 0.3) is 0 Å². The predicted molar refractivity (Wildman–Crippen MR) is 60.9 cm³/mol. The van der Waals surface area contributed by atoms with E-state index >= 15 is 0 Å². The Bertz CT molecular complexity index is 196. The maximum Gasteiger partial charge on any atom is 0.0896 e. The van der Waals surface area contributed by atoms with Gasteiger partial charge in [-0.25, -0.2) is 0 Å². The van der Waals surface area contributed by atoms with Crippen LogP contribution < -0.4 is 0 Å². The van der Waals surface area contributed by atoms with Gasteiger partial charge in [-0.05, 0) is 0 Å². The van der Waals surface area contributed by atoms with Crippen molar-refractivity contribution < 1.29 is 10.2 Å². The fourth-order valence-corrected chi connectivity index (χ4v) is 1.59. The predicted octanol–water partition coefficient (Wildman–Crippen LogP) is 0.232. The van der Waals surface area contributed by atoms with Crippen LogP contribution in [0.5, 0.6) is 0 Å². The summed E-state index contributed by atoms with van der Waals surface area (Å²) in [7, 11) is 0. The van der Waals surface area contributed by atoms with Crippen molar-refractivity contribution in [1.29, 1.82) is 0 Å². The van der Waals surface area contributed by atoms with Crippen molar-refractivity contribution in [3.8, 4) is 0 Å². The zero-order valence-electron chi connectivity index (χ0n) is 8.39. The Balaban J connectivity index is 2.25. The largest absolute Gasteiger partial charge is 0.390 e. The number of rotatable bonds is 6. The first-order valence-corrected chi connectivity index (χ1v) is 5.87. The first kappa shape index (κ1) is 12.9. The number of β-amino-alcohol motifs (C(OH)–C–C–N with tert-alkyl or cyclic N) is 2. The number of nitrogens with zero attached hydrogens (tertiary/aromatic N) is 2. The first-order chi connectivity index (χ1) is 7.15. The number of hydrogen-bond donors (Lipinski definition) is 2. The molecule has 1 aliphatic rings. The Morgan fingerprint density at radius 2 is 1.40 bits per heavy atom. The highest BCUT2D eigenvalue weighted by molar-refractivity contribution is 6.18. The molecule has 0 fully saturated rings. The van der Waals surface area contributed by atoms with Gasteiger partial charge >= 0.3 is 0 Å². The van der Waals surface area contributed by atoms with Crippen LogP contribution in [-0.2, 0) is 0 Å². The average Bonchev–Trinajstić information content (AvgIpc) is 2.65. The molecule has 15 heavy (non-hydrogen) atoms. The van der Waals surface area contributed by atoms with E-state index in [9.17, 15) is 10.2 Å². The third-order valence-corrected chi connectivity index (χ3v) is 2.81. The van der Waals surface area contributed by atoms with Crippen molar-refractivity contribution in [3.05, 3.63) is 12.4 Å². The highest BCUT2D eigenvalue weighted by Crippen LogP contribution is 2.08. The van der Waals surface area contributed by atoms with E-state index in [1.165, 1.54) is 0 Å². The normalized spacial score (nSPS) is 19.7. The lowest BCUT2D eigenvalue weighted by Crippen LogP contribution is -2.35. The highest BCUT2D eigenvalue weighted by atomic mass is 35.5. The Kier molecular flexibility index (Phi) is 5.53. The molecule has 2 atom stereocenters. The molecule has 0 saturated heterocycles. The highest BCUT2D eigenvalue weighted by Gasteiger charge is 2.17. The van der Waals surface area contributed by atoms with Gasteiger partial charge in [-0.15, -0.1) is 23.2 Å². The Labute approximate surface area is 99.7 Å². The molecule has 0 bridgehead atoms. The topological polar surface area (TPSA) is 46.9 Å². The van der Waals surface area contributed by atoms with Crippen LogP contribution in [0.2, 0.25) is 0 Å². The lowest BCUT2D eigenvalue weighted by atomic mass is 10.4. The standard InChI is InChI=1S/C9H16Cl2N2O2/c10-3-8(14)5-12-1-2-13(7-12)6-9(15)4-11/h1-2,8-9,14-15H,3-7H2. The van der Waals surface area contributed by atoms with Gasteiger partial charge in [0, 0.05) is 25.5 Å². The van der Waals surface area contributed by atoms with Crippen molar-refractivity contribution >= 4 is 23.2 Å². The molecular formula is C9H16Cl2N2O2. The van der Waals surface area contributed by atoms with Gasteiger partial charge in [0.1, 0.15) is 0 Å². The summed E-state index contributed by atoms with van der Waals surface area (Å²) in [6.45, 7) is 1.67. The summed E-state index contributed by atoms with van der Waals surface area (Å²) in [6.07, 6.45) is 2.71. The Hall–Kier alpha value is -0.160. The molecule has 1 aliphatic heterocycles. The molecule has 0 aromatic heterocycles. The third kappa shape index (κ3) is 4.47. The zero-order valence-corrected chi connectivity index (χ0v) is 9.90. The van der Waals surface area contributed by atoms with Gasteiger partial charge in [-0.3, -0.25) is 0 Å². The lowest BCUT2D eigenvalue weighted by molar-refractivity contribution is 0.116. The average molecular weight is 255 g/mol. The summed E-state index contributed by atoms with van der Waals surface area (Å²) in [5, 5.41) is 18.7. The molecule has 88 valence electrons. The second-order valence-electron chi connectivity index (χ2n) is 3.60. The number of aliphatic hydroxyl groups is 2. The van der Waals surface area contributed by atoms with E-state index in [0.29, 0.717) is 19.8 Å². The van der Waals surface area contributed by atoms with E-state index in [4.69, 9.17) is 23.2 Å². The van der Waals surface area contributed by atoms with Crippen molar-refractivity contribution in [3.63, 3.8) is 0 Å². The van der Waals surface area contributed by atoms with Crippen LogP contribution in [0, 0.1) is 0 Å². The molecule has 1 heterocycles. The van der Waals surface area contributed by atoms with Crippen LogP contribution in [-0.4, -0.2) is 63.7 Å². The quantitative estimate of drug-likeness (QED) is 0.667. The number of alkyl halides is 2. The number of aliphatic hydroxyl groups excluding tert-OH is 2. The minimum atomic E-state index is -0.519. The van der Waals surface area contributed by atoms with Crippen molar-refractivity contribution in [2.24, 2.45) is 0 Å². The first-order valence-electron chi connectivity index (χ1n) is 4.80. The molecule has 1 rings (SSSR count). The van der Waals surface area contributed by atoms with E-state index in [-0.39, 0.29) is 11.8 Å². The maximum absolute atomic E-state index is 9.34. The second kappa shape index (κ2) is 6.43. The van der Waals surface area contributed by atoms with Gasteiger partial charge in [-0.2, -0.15) is 0 Å². The van der Waals surface area contributed by atoms with Crippen LogP contribution in [0.15, 0.2) is 12.4 Å². The molecule has 0 aromatic carbocycles. The summed E-state index contributed by atoms with van der Waals surface area (Å²) in [4.78, 5) is 3.88. The smallest absolute Gasteiger partial charge is 0.0896 e. The molecule has 0 spiro atoms. The third-order valence-electron chi connectivity index (χ3n) is 2.10. The molecule has 0 aliphatic carbocycles. The van der Waals surface area contributed by atoms with Crippen molar-refractivity contribution in [2.75, 3.05) is 31.5 Å².